The molecule has 0 fully saturated rings. The van der Waals surface area contributed by atoms with E-state index in [1.165, 1.54) is 13.3 Å². The van der Waals surface area contributed by atoms with Crippen LogP contribution in [0.2, 0.25) is 0 Å². The van der Waals surface area contributed by atoms with Gasteiger partial charge in [-0.15, -0.1) is 0 Å². The first-order valence-corrected chi connectivity index (χ1v) is 5.52. The van der Waals surface area contributed by atoms with Crippen LogP contribution in [0.4, 0.5) is 5.69 Å². The minimum Gasteiger partial charge on any atom is -0.495 e. The van der Waals surface area contributed by atoms with Crippen molar-refractivity contribution in [3.8, 4) is 5.75 Å². The minimum atomic E-state index is -0.105. The molecule has 18 heavy (non-hydrogen) atoms. The SMILES string of the molecule is COc1cncc(C(=O)c2cccc(N)c2C)c1. The molecule has 2 aromatic rings. The van der Waals surface area contributed by atoms with E-state index in [0.717, 1.165) is 5.56 Å². The highest BCUT2D eigenvalue weighted by Crippen LogP contribution is 2.20. The molecule has 1 aromatic heterocycles. The molecule has 0 saturated carbocycles. The van der Waals surface area contributed by atoms with Gasteiger partial charge in [0.05, 0.1) is 13.3 Å². The molecule has 1 aromatic carbocycles. The van der Waals surface area contributed by atoms with Crippen LogP contribution in [0.15, 0.2) is 36.7 Å². The zero-order valence-corrected chi connectivity index (χ0v) is 10.3. The Labute approximate surface area is 105 Å². The van der Waals surface area contributed by atoms with Crippen molar-refractivity contribution in [3.05, 3.63) is 53.3 Å². The number of aromatic nitrogens is 1. The van der Waals surface area contributed by atoms with E-state index in [2.05, 4.69) is 4.98 Å². The summed E-state index contributed by atoms with van der Waals surface area (Å²) in [5, 5.41) is 0. The number of pyridine rings is 1. The van der Waals surface area contributed by atoms with Gasteiger partial charge in [-0.05, 0) is 24.6 Å². The summed E-state index contributed by atoms with van der Waals surface area (Å²) in [5.74, 6) is 0.452. The lowest BCUT2D eigenvalue weighted by Crippen LogP contribution is -2.06. The number of hydrogen-bond acceptors (Lipinski definition) is 4. The Balaban J connectivity index is 2.44. The Bertz CT molecular complexity index is 594. The summed E-state index contributed by atoms with van der Waals surface area (Å²) >= 11 is 0. The summed E-state index contributed by atoms with van der Waals surface area (Å²) in [6.07, 6.45) is 3.08. The van der Waals surface area contributed by atoms with Gasteiger partial charge >= 0.3 is 0 Å². The zero-order chi connectivity index (χ0) is 13.1. The third-order valence-electron chi connectivity index (χ3n) is 2.83. The van der Waals surface area contributed by atoms with E-state index in [4.69, 9.17) is 10.5 Å². The molecular weight excluding hydrogens is 228 g/mol. The van der Waals surface area contributed by atoms with Gasteiger partial charge in [-0.3, -0.25) is 9.78 Å². The predicted octanol–water partition coefficient (Wildman–Crippen LogP) is 2.21. The number of benzene rings is 1. The molecule has 0 spiro atoms. The fourth-order valence-electron chi connectivity index (χ4n) is 1.71. The van der Waals surface area contributed by atoms with E-state index in [0.29, 0.717) is 22.6 Å². The summed E-state index contributed by atoms with van der Waals surface area (Å²) in [4.78, 5) is 16.3. The third-order valence-corrected chi connectivity index (χ3v) is 2.83. The molecule has 0 atom stereocenters. The summed E-state index contributed by atoms with van der Waals surface area (Å²) in [7, 11) is 1.54. The lowest BCUT2D eigenvalue weighted by molar-refractivity contribution is 0.103. The minimum absolute atomic E-state index is 0.105. The second kappa shape index (κ2) is 4.87. The summed E-state index contributed by atoms with van der Waals surface area (Å²) < 4.78 is 5.06. The van der Waals surface area contributed by atoms with Crippen LogP contribution in [-0.4, -0.2) is 17.9 Å². The monoisotopic (exact) mass is 242 g/mol. The quantitative estimate of drug-likeness (QED) is 0.662. The molecule has 0 amide bonds. The van der Waals surface area contributed by atoms with Crippen molar-refractivity contribution < 1.29 is 9.53 Å². The van der Waals surface area contributed by atoms with Gasteiger partial charge in [-0.1, -0.05) is 12.1 Å². The molecule has 4 nitrogen and oxygen atoms in total. The molecule has 0 aliphatic carbocycles. The van der Waals surface area contributed by atoms with Gasteiger partial charge in [-0.2, -0.15) is 0 Å². The van der Waals surface area contributed by atoms with E-state index in [1.807, 2.05) is 6.92 Å². The van der Waals surface area contributed by atoms with Gasteiger partial charge in [0.25, 0.3) is 0 Å². The van der Waals surface area contributed by atoms with Gasteiger partial charge < -0.3 is 10.5 Å². The van der Waals surface area contributed by atoms with E-state index in [1.54, 1.807) is 30.5 Å². The Kier molecular flexibility index (Phi) is 3.28. The number of carbonyl (C=O) groups is 1. The van der Waals surface area contributed by atoms with Gasteiger partial charge in [0.1, 0.15) is 5.75 Å². The van der Waals surface area contributed by atoms with Crippen molar-refractivity contribution in [2.75, 3.05) is 12.8 Å². The highest BCUT2D eigenvalue weighted by molar-refractivity contribution is 6.10. The molecule has 4 heteroatoms. The number of nitrogens with two attached hydrogens (primary N) is 1. The van der Waals surface area contributed by atoms with Gasteiger partial charge in [0.15, 0.2) is 5.78 Å². The first-order valence-electron chi connectivity index (χ1n) is 5.52. The summed E-state index contributed by atoms with van der Waals surface area (Å²) in [5.41, 5.74) is 8.27. The van der Waals surface area contributed by atoms with Crippen molar-refractivity contribution in [1.82, 2.24) is 4.98 Å². The molecular formula is C14H14N2O2. The Morgan fingerprint density at radius 3 is 2.83 bits per heavy atom. The maximum absolute atomic E-state index is 12.3. The van der Waals surface area contributed by atoms with Crippen molar-refractivity contribution in [1.29, 1.82) is 0 Å². The molecule has 0 bridgehead atoms. The number of nitrogen functional groups attached to an aromatic ring is 1. The van der Waals surface area contributed by atoms with Gasteiger partial charge in [-0.25, -0.2) is 0 Å². The number of nitrogens with zero attached hydrogens (tertiary/aromatic N) is 1. The maximum atomic E-state index is 12.3. The van der Waals surface area contributed by atoms with Crippen molar-refractivity contribution in [3.63, 3.8) is 0 Å². The number of methoxy groups -OCH3 is 1. The van der Waals surface area contributed by atoms with Crippen LogP contribution in [-0.2, 0) is 0 Å². The van der Waals surface area contributed by atoms with Gasteiger partial charge in [0, 0.05) is 23.0 Å². The van der Waals surface area contributed by atoms with E-state index < -0.39 is 0 Å². The lowest BCUT2D eigenvalue weighted by Gasteiger charge is -2.08. The first-order chi connectivity index (χ1) is 8.63. The van der Waals surface area contributed by atoms with Crippen molar-refractivity contribution >= 4 is 11.5 Å². The van der Waals surface area contributed by atoms with Crippen LogP contribution in [0.1, 0.15) is 21.5 Å². The zero-order valence-electron chi connectivity index (χ0n) is 10.3. The Hall–Kier alpha value is -2.36. The molecule has 0 radical (unpaired) electrons. The van der Waals surface area contributed by atoms with Crippen LogP contribution < -0.4 is 10.5 Å². The summed E-state index contributed by atoms with van der Waals surface area (Å²) in [6.45, 7) is 1.83. The fourth-order valence-corrected chi connectivity index (χ4v) is 1.71. The fraction of sp³-hybridized carbons (Fsp3) is 0.143. The normalized spacial score (nSPS) is 10.1. The number of carbonyl (C=O) groups excluding carboxylic acids is 1. The molecule has 0 saturated heterocycles. The van der Waals surface area contributed by atoms with Crippen LogP contribution in [0.3, 0.4) is 0 Å². The number of ketones is 1. The third kappa shape index (κ3) is 2.18. The first kappa shape index (κ1) is 12.1. The number of rotatable bonds is 3. The molecule has 2 rings (SSSR count). The van der Waals surface area contributed by atoms with E-state index in [-0.39, 0.29) is 5.78 Å². The average molecular weight is 242 g/mol. The highest BCUT2D eigenvalue weighted by atomic mass is 16.5. The Morgan fingerprint density at radius 1 is 1.33 bits per heavy atom. The van der Waals surface area contributed by atoms with Crippen molar-refractivity contribution in [2.24, 2.45) is 0 Å². The smallest absolute Gasteiger partial charge is 0.195 e. The van der Waals surface area contributed by atoms with E-state index >= 15 is 0 Å². The topological polar surface area (TPSA) is 65.2 Å². The molecule has 0 aliphatic rings. The predicted molar refractivity (Wildman–Crippen MR) is 69.8 cm³/mol. The van der Waals surface area contributed by atoms with Crippen LogP contribution in [0, 0.1) is 6.92 Å². The number of ether oxygens (including phenoxy) is 1. The van der Waals surface area contributed by atoms with Crippen LogP contribution in [0.5, 0.6) is 5.75 Å². The molecule has 0 aliphatic heterocycles. The second-order valence-electron chi connectivity index (χ2n) is 3.96. The van der Waals surface area contributed by atoms with Crippen LogP contribution >= 0.6 is 0 Å². The molecule has 92 valence electrons. The Morgan fingerprint density at radius 2 is 2.11 bits per heavy atom. The van der Waals surface area contributed by atoms with E-state index in [9.17, 15) is 4.79 Å². The second-order valence-corrected chi connectivity index (χ2v) is 3.96. The maximum Gasteiger partial charge on any atom is 0.195 e. The molecule has 2 N–H and O–H groups in total. The molecule has 1 heterocycles. The lowest BCUT2D eigenvalue weighted by atomic mass is 9.99. The average Bonchev–Trinajstić information content (AvgIpc) is 2.41. The standard InChI is InChI=1S/C14H14N2O2/c1-9-12(4-3-5-13(9)15)14(17)10-6-11(18-2)8-16-7-10/h3-8H,15H2,1-2H3. The number of anilines is 1. The van der Waals surface area contributed by atoms with Crippen molar-refractivity contribution in [2.45, 2.75) is 6.92 Å². The summed E-state index contributed by atoms with van der Waals surface area (Å²) in [6, 6.07) is 6.96. The van der Waals surface area contributed by atoms with Gasteiger partial charge in [0.2, 0.25) is 0 Å². The largest absolute Gasteiger partial charge is 0.495 e. The molecule has 0 unspecified atom stereocenters. The van der Waals surface area contributed by atoms with Crippen LogP contribution in [0.25, 0.3) is 0 Å². The number of hydrogen-bond donors (Lipinski definition) is 1. The highest BCUT2D eigenvalue weighted by Gasteiger charge is 2.13.